The second-order valence-electron chi connectivity index (χ2n) is 6.20. The van der Waals surface area contributed by atoms with Crippen LogP contribution < -0.4 is 10.6 Å². The average molecular weight is 297 g/mol. The molecule has 0 spiro atoms. The van der Waals surface area contributed by atoms with Gasteiger partial charge in [-0.1, -0.05) is 5.16 Å². The summed E-state index contributed by atoms with van der Waals surface area (Å²) in [6, 6.07) is 0.178. The van der Waals surface area contributed by atoms with Gasteiger partial charge in [-0.05, 0) is 54.5 Å². The number of hydrogen-bond donors (Lipinski definition) is 2. The smallest absolute Gasteiger partial charge is 0.407 e. The summed E-state index contributed by atoms with van der Waals surface area (Å²) >= 11 is 0. The zero-order valence-electron chi connectivity index (χ0n) is 13.9. The third-order valence-electron chi connectivity index (χ3n) is 2.99. The molecule has 1 heterocycles. The number of ether oxygens (including phenoxy) is 1. The van der Waals surface area contributed by atoms with Crippen molar-refractivity contribution in [1.82, 2.24) is 15.8 Å². The van der Waals surface area contributed by atoms with Crippen LogP contribution in [0.4, 0.5) is 4.79 Å². The maximum absolute atomic E-state index is 11.5. The minimum absolute atomic E-state index is 0.178. The van der Waals surface area contributed by atoms with Crippen molar-refractivity contribution < 1.29 is 14.1 Å². The van der Waals surface area contributed by atoms with Gasteiger partial charge in [-0.15, -0.1) is 0 Å². The topological polar surface area (TPSA) is 76.4 Å². The molecule has 1 amide bonds. The van der Waals surface area contributed by atoms with Crippen LogP contribution in [-0.2, 0) is 4.74 Å². The van der Waals surface area contributed by atoms with Gasteiger partial charge in [-0.3, -0.25) is 0 Å². The predicted molar refractivity (Wildman–Crippen MR) is 81.2 cm³/mol. The first-order chi connectivity index (χ1) is 9.70. The van der Waals surface area contributed by atoms with Crippen LogP contribution in [-0.4, -0.2) is 29.9 Å². The van der Waals surface area contributed by atoms with E-state index in [1.165, 1.54) is 0 Å². The Bertz CT molecular complexity index is 444. The lowest BCUT2D eigenvalue weighted by molar-refractivity contribution is 0.0527. The molecule has 1 unspecified atom stereocenters. The van der Waals surface area contributed by atoms with Crippen LogP contribution in [0.25, 0.3) is 0 Å². The van der Waals surface area contributed by atoms with Gasteiger partial charge >= 0.3 is 6.09 Å². The Labute approximate surface area is 126 Å². The van der Waals surface area contributed by atoms with Gasteiger partial charge in [0.15, 0.2) is 0 Å². The first-order valence-corrected chi connectivity index (χ1v) is 7.33. The van der Waals surface area contributed by atoms with Crippen LogP contribution in [0.2, 0.25) is 0 Å². The molecule has 0 aliphatic carbocycles. The van der Waals surface area contributed by atoms with E-state index in [4.69, 9.17) is 9.26 Å². The van der Waals surface area contributed by atoms with Crippen LogP contribution in [0, 0.1) is 13.8 Å². The highest BCUT2D eigenvalue weighted by Gasteiger charge is 2.16. The van der Waals surface area contributed by atoms with Gasteiger partial charge in [0.05, 0.1) is 5.69 Å². The standard InChI is InChI=1S/C15H27N3O3/c1-10(13-11(2)18-21-12(13)3)16-8-7-9-17-14(19)20-15(4,5)6/h10,16H,7-9H2,1-6H3,(H,17,19). The van der Waals surface area contributed by atoms with Crippen molar-refractivity contribution in [2.45, 2.75) is 59.6 Å². The monoisotopic (exact) mass is 297 g/mol. The molecule has 21 heavy (non-hydrogen) atoms. The van der Waals surface area contributed by atoms with Gasteiger partial charge in [0.25, 0.3) is 0 Å². The van der Waals surface area contributed by atoms with Gasteiger partial charge in [0.2, 0.25) is 0 Å². The van der Waals surface area contributed by atoms with Crippen LogP contribution in [0.15, 0.2) is 4.52 Å². The molecule has 0 saturated heterocycles. The number of amides is 1. The lowest BCUT2D eigenvalue weighted by atomic mass is 10.1. The zero-order chi connectivity index (χ0) is 16.0. The Kier molecular flexibility index (Phi) is 6.20. The second-order valence-corrected chi connectivity index (χ2v) is 6.20. The summed E-state index contributed by atoms with van der Waals surface area (Å²) in [6.07, 6.45) is 0.453. The fourth-order valence-corrected chi connectivity index (χ4v) is 2.12. The SMILES string of the molecule is Cc1noc(C)c1C(C)NCCCNC(=O)OC(C)(C)C. The first-order valence-electron chi connectivity index (χ1n) is 7.33. The zero-order valence-corrected chi connectivity index (χ0v) is 13.9. The van der Waals surface area contributed by atoms with E-state index in [2.05, 4.69) is 22.7 Å². The summed E-state index contributed by atoms with van der Waals surface area (Å²) in [5, 5.41) is 10.1. The molecule has 1 rings (SSSR count). The lowest BCUT2D eigenvalue weighted by Gasteiger charge is -2.19. The summed E-state index contributed by atoms with van der Waals surface area (Å²) in [5.41, 5.74) is 1.56. The Morgan fingerprint density at radius 2 is 2.00 bits per heavy atom. The van der Waals surface area contributed by atoms with E-state index in [-0.39, 0.29) is 12.1 Å². The molecule has 0 aliphatic heterocycles. The van der Waals surface area contributed by atoms with Crippen LogP contribution in [0.3, 0.4) is 0 Å². The average Bonchev–Trinajstić information content (AvgIpc) is 2.66. The fraction of sp³-hybridized carbons (Fsp3) is 0.733. The number of aryl methyl sites for hydroxylation is 2. The Balaban J connectivity index is 2.22. The highest BCUT2D eigenvalue weighted by atomic mass is 16.6. The van der Waals surface area contributed by atoms with E-state index in [9.17, 15) is 4.79 Å². The van der Waals surface area contributed by atoms with E-state index in [1.54, 1.807) is 0 Å². The normalized spacial score (nSPS) is 13.0. The second kappa shape index (κ2) is 7.45. The van der Waals surface area contributed by atoms with Crippen LogP contribution in [0.5, 0.6) is 0 Å². The third-order valence-corrected chi connectivity index (χ3v) is 2.99. The Morgan fingerprint density at radius 3 is 2.52 bits per heavy atom. The summed E-state index contributed by atoms with van der Waals surface area (Å²) in [4.78, 5) is 11.5. The summed E-state index contributed by atoms with van der Waals surface area (Å²) < 4.78 is 10.3. The fourth-order valence-electron chi connectivity index (χ4n) is 2.12. The number of carbonyl (C=O) groups excluding carboxylic acids is 1. The van der Waals surface area contributed by atoms with Crippen molar-refractivity contribution in [3.8, 4) is 0 Å². The number of rotatable bonds is 6. The lowest BCUT2D eigenvalue weighted by Crippen LogP contribution is -2.34. The molecule has 0 bridgehead atoms. The first kappa shape index (κ1) is 17.5. The van der Waals surface area contributed by atoms with E-state index in [1.807, 2.05) is 34.6 Å². The van der Waals surface area contributed by atoms with Gasteiger partial charge in [-0.2, -0.15) is 0 Å². The molecule has 0 saturated carbocycles. The summed E-state index contributed by atoms with van der Waals surface area (Å²) in [6.45, 7) is 12.8. The molecule has 0 fully saturated rings. The third kappa shape index (κ3) is 6.16. The number of aromatic nitrogens is 1. The highest BCUT2D eigenvalue weighted by molar-refractivity contribution is 5.67. The Hall–Kier alpha value is -1.56. The van der Waals surface area contributed by atoms with Crippen molar-refractivity contribution in [3.63, 3.8) is 0 Å². The molecule has 6 nitrogen and oxygen atoms in total. The molecular formula is C15H27N3O3. The number of nitrogens with one attached hydrogen (secondary N) is 2. The molecule has 0 aromatic carbocycles. The van der Waals surface area contributed by atoms with Gasteiger partial charge in [-0.25, -0.2) is 4.79 Å². The minimum Gasteiger partial charge on any atom is -0.444 e. The van der Waals surface area contributed by atoms with Crippen molar-refractivity contribution in [1.29, 1.82) is 0 Å². The molecule has 1 atom stereocenters. The van der Waals surface area contributed by atoms with E-state index in [0.29, 0.717) is 6.54 Å². The molecular weight excluding hydrogens is 270 g/mol. The Morgan fingerprint density at radius 1 is 1.33 bits per heavy atom. The van der Waals surface area contributed by atoms with E-state index in [0.717, 1.165) is 30.0 Å². The van der Waals surface area contributed by atoms with Crippen molar-refractivity contribution in [2.24, 2.45) is 0 Å². The molecule has 2 N–H and O–H groups in total. The molecule has 0 radical (unpaired) electrons. The maximum atomic E-state index is 11.5. The van der Waals surface area contributed by atoms with Crippen molar-refractivity contribution in [3.05, 3.63) is 17.0 Å². The molecule has 0 aliphatic rings. The molecule has 1 aromatic rings. The maximum Gasteiger partial charge on any atom is 0.407 e. The summed E-state index contributed by atoms with van der Waals surface area (Å²) in [5.74, 6) is 0.847. The predicted octanol–water partition coefficient (Wildman–Crippen LogP) is 2.86. The van der Waals surface area contributed by atoms with Crippen molar-refractivity contribution >= 4 is 6.09 Å². The van der Waals surface area contributed by atoms with E-state index >= 15 is 0 Å². The molecule has 120 valence electrons. The number of hydrogen-bond acceptors (Lipinski definition) is 5. The quantitative estimate of drug-likeness (QED) is 0.790. The minimum atomic E-state index is -0.458. The van der Waals surface area contributed by atoms with Crippen molar-refractivity contribution in [2.75, 3.05) is 13.1 Å². The highest BCUT2D eigenvalue weighted by Crippen LogP contribution is 2.20. The number of carbonyl (C=O) groups is 1. The summed E-state index contributed by atoms with van der Waals surface area (Å²) in [7, 11) is 0. The number of alkyl carbamates (subject to hydrolysis) is 1. The number of nitrogens with zero attached hydrogens (tertiary/aromatic N) is 1. The van der Waals surface area contributed by atoms with Crippen LogP contribution in [0.1, 0.15) is 57.2 Å². The largest absolute Gasteiger partial charge is 0.444 e. The van der Waals surface area contributed by atoms with Gasteiger partial charge in [0.1, 0.15) is 11.4 Å². The van der Waals surface area contributed by atoms with Gasteiger partial charge < -0.3 is 19.9 Å². The van der Waals surface area contributed by atoms with E-state index < -0.39 is 5.60 Å². The molecule has 6 heteroatoms. The molecule has 1 aromatic heterocycles. The van der Waals surface area contributed by atoms with Crippen LogP contribution >= 0.6 is 0 Å². The van der Waals surface area contributed by atoms with Gasteiger partial charge in [0, 0.05) is 18.2 Å².